The Morgan fingerprint density at radius 1 is 1.24 bits per heavy atom. The van der Waals surface area contributed by atoms with Crippen molar-refractivity contribution in [2.75, 3.05) is 11.9 Å². The third-order valence-corrected chi connectivity index (χ3v) is 3.54. The highest BCUT2D eigenvalue weighted by Gasteiger charge is 2.08. The van der Waals surface area contributed by atoms with Gasteiger partial charge in [0.05, 0.1) is 30.1 Å². The van der Waals surface area contributed by atoms with Gasteiger partial charge < -0.3 is 10.1 Å². The van der Waals surface area contributed by atoms with Crippen molar-refractivity contribution >= 4 is 11.6 Å². The quantitative estimate of drug-likeness (QED) is 0.696. The minimum absolute atomic E-state index is 0.371. The maximum atomic E-state index is 8.55. The van der Waals surface area contributed by atoms with Gasteiger partial charge in [-0.1, -0.05) is 0 Å². The van der Waals surface area contributed by atoms with E-state index < -0.39 is 0 Å². The number of rotatable bonds is 6. The molecule has 0 saturated heterocycles. The molecular weight excluding hydrogens is 316 g/mol. The molecule has 0 atom stereocenters. The first-order valence-corrected chi connectivity index (χ1v) is 7.85. The first-order valence-electron chi connectivity index (χ1n) is 7.85. The van der Waals surface area contributed by atoms with Gasteiger partial charge in [-0.25, -0.2) is 9.97 Å². The van der Waals surface area contributed by atoms with Crippen molar-refractivity contribution in [1.29, 1.82) is 5.26 Å². The van der Waals surface area contributed by atoms with Gasteiger partial charge in [0.2, 0.25) is 5.95 Å². The van der Waals surface area contributed by atoms with Crippen molar-refractivity contribution < 1.29 is 4.74 Å². The van der Waals surface area contributed by atoms with Crippen molar-refractivity contribution in [3.8, 4) is 23.1 Å². The number of nitrogens with zero attached hydrogens (tertiary/aromatic N) is 5. The van der Waals surface area contributed by atoms with Crippen molar-refractivity contribution in [1.82, 2.24) is 19.7 Å². The van der Waals surface area contributed by atoms with E-state index in [0.717, 1.165) is 28.3 Å². The highest BCUT2D eigenvalue weighted by molar-refractivity contribution is 5.65. The van der Waals surface area contributed by atoms with E-state index in [-0.39, 0.29) is 0 Å². The van der Waals surface area contributed by atoms with Crippen molar-refractivity contribution in [3.63, 3.8) is 0 Å². The molecule has 7 heteroatoms. The van der Waals surface area contributed by atoms with Gasteiger partial charge in [0.15, 0.2) is 0 Å². The Hall–Kier alpha value is -3.40. The summed E-state index contributed by atoms with van der Waals surface area (Å²) in [5.41, 5.74) is 3.64. The second-order valence-electron chi connectivity index (χ2n) is 5.53. The minimum atomic E-state index is 0.371. The first-order chi connectivity index (χ1) is 12.2. The lowest BCUT2D eigenvalue weighted by molar-refractivity contribution is 0.326. The van der Waals surface area contributed by atoms with Gasteiger partial charge in [-0.15, -0.1) is 0 Å². The van der Waals surface area contributed by atoms with Crippen LogP contribution in [0.2, 0.25) is 0 Å². The molecule has 1 N–H and O–H groups in total. The number of aromatic nitrogens is 4. The van der Waals surface area contributed by atoms with Crippen LogP contribution in [-0.2, 0) is 7.05 Å². The molecule has 3 aromatic rings. The standard InChI is InChI=1S/C18H18N6O/c1-13-10-20-18(22-15-11-21-24(2)12-15)23-17(13)14-4-6-16(7-5-14)25-9-3-8-19/h4-7,10-12H,3,9H2,1-2H3,(H,20,22,23). The Labute approximate surface area is 145 Å². The molecule has 25 heavy (non-hydrogen) atoms. The number of anilines is 2. The zero-order chi connectivity index (χ0) is 17.6. The maximum absolute atomic E-state index is 8.55. The largest absolute Gasteiger partial charge is 0.493 e. The number of aryl methyl sites for hydroxylation is 2. The highest BCUT2D eigenvalue weighted by Crippen LogP contribution is 2.25. The summed E-state index contributed by atoms with van der Waals surface area (Å²) >= 11 is 0. The van der Waals surface area contributed by atoms with E-state index in [1.807, 2.05) is 44.4 Å². The van der Waals surface area contributed by atoms with E-state index in [4.69, 9.17) is 10.00 Å². The summed E-state index contributed by atoms with van der Waals surface area (Å²) in [6.07, 6.45) is 5.74. The lowest BCUT2D eigenvalue weighted by Crippen LogP contribution is -2.00. The van der Waals surface area contributed by atoms with E-state index in [9.17, 15) is 0 Å². The Morgan fingerprint density at radius 2 is 2.04 bits per heavy atom. The molecule has 126 valence electrons. The first kappa shape index (κ1) is 16.5. The number of hydrogen-bond acceptors (Lipinski definition) is 6. The second kappa shape index (κ2) is 7.45. The molecule has 0 spiro atoms. The fraction of sp³-hybridized carbons (Fsp3) is 0.222. The molecule has 2 aromatic heterocycles. The van der Waals surface area contributed by atoms with Crippen LogP contribution in [-0.4, -0.2) is 26.4 Å². The summed E-state index contributed by atoms with van der Waals surface area (Å²) in [7, 11) is 1.85. The van der Waals surface area contributed by atoms with Gasteiger partial charge in [0, 0.05) is 25.0 Å². The molecule has 2 heterocycles. The zero-order valence-corrected chi connectivity index (χ0v) is 14.1. The Bertz CT molecular complexity index is 895. The van der Waals surface area contributed by atoms with Crippen LogP contribution in [0.25, 0.3) is 11.3 Å². The molecule has 0 fully saturated rings. The van der Waals surface area contributed by atoms with Crippen LogP contribution >= 0.6 is 0 Å². The molecule has 0 saturated carbocycles. The molecule has 0 radical (unpaired) electrons. The molecule has 0 bridgehead atoms. The van der Waals surface area contributed by atoms with E-state index in [1.165, 1.54) is 0 Å². The zero-order valence-electron chi connectivity index (χ0n) is 14.1. The number of hydrogen-bond donors (Lipinski definition) is 1. The number of nitriles is 1. The van der Waals surface area contributed by atoms with E-state index in [2.05, 4.69) is 26.5 Å². The maximum Gasteiger partial charge on any atom is 0.227 e. The smallest absolute Gasteiger partial charge is 0.227 e. The van der Waals surface area contributed by atoms with Crippen LogP contribution in [0, 0.1) is 18.3 Å². The van der Waals surface area contributed by atoms with Gasteiger partial charge in [0.25, 0.3) is 0 Å². The van der Waals surface area contributed by atoms with Gasteiger partial charge in [-0.05, 0) is 36.8 Å². The Kier molecular flexibility index (Phi) is 4.90. The monoisotopic (exact) mass is 334 g/mol. The number of nitrogens with one attached hydrogen (secondary N) is 1. The van der Waals surface area contributed by atoms with Gasteiger partial charge in [0.1, 0.15) is 12.4 Å². The number of benzene rings is 1. The molecular formula is C18H18N6O. The van der Waals surface area contributed by atoms with Crippen LogP contribution in [0.5, 0.6) is 5.75 Å². The third-order valence-electron chi connectivity index (χ3n) is 3.54. The van der Waals surface area contributed by atoms with Crippen molar-refractivity contribution in [2.45, 2.75) is 13.3 Å². The third kappa shape index (κ3) is 4.12. The minimum Gasteiger partial charge on any atom is -0.493 e. The van der Waals surface area contributed by atoms with Gasteiger partial charge in [-0.2, -0.15) is 10.4 Å². The van der Waals surface area contributed by atoms with Crippen LogP contribution < -0.4 is 10.1 Å². The van der Waals surface area contributed by atoms with Crippen LogP contribution in [0.4, 0.5) is 11.6 Å². The fourth-order valence-corrected chi connectivity index (χ4v) is 2.33. The molecule has 0 aliphatic heterocycles. The average Bonchev–Trinajstić information content (AvgIpc) is 3.02. The van der Waals surface area contributed by atoms with E-state index in [0.29, 0.717) is 19.0 Å². The normalized spacial score (nSPS) is 10.3. The Morgan fingerprint density at radius 3 is 2.72 bits per heavy atom. The van der Waals surface area contributed by atoms with Crippen LogP contribution in [0.15, 0.2) is 42.9 Å². The molecule has 0 amide bonds. The summed E-state index contributed by atoms with van der Waals surface area (Å²) < 4.78 is 7.21. The highest BCUT2D eigenvalue weighted by atomic mass is 16.5. The molecule has 1 aromatic carbocycles. The van der Waals surface area contributed by atoms with Crippen LogP contribution in [0.1, 0.15) is 12.0 Å². The second-order valence-corrected chi connectivity index (χ2v) is 5.53. The summed E-state index contributed by atoms with van der Waals surface area (Å²) in [6.45, 7) is 2.36. The summed E-state index contributed by atoms with van der Waals surface area (Å²) in [6, 6.07) is 9.71. The topological polar surface area (TPSA) is 88.7 Å². The lowest BCUT2D eigenvalue weighted by Gasteiger charge is -2.09. The van der Waals surface area contributed by atoms with E-state index >= 15 is 0 Å². The average molecular weight is 334 g/mol. The Balaban J connectivity index is 1.79. The van der Waals surface area contributed by atoms with E-state index in [1.54, 1.807) is 17.1 Å². The SMILES string of the molecule is Cc1cnc(Nc2cnn(C)c2)nc1-c1ccc(OCCC#N)cc1. The van der Waals surface area contributed by atoms with Gasteiger partial charge in [-0.3, -0.25) is 4.68 Å². The molecule has 0 unspecified atom stereocenters. The predicted molar refractivity (Wildman–Crippen MR) is 94.4 cm³/mol. The fourth-order valence-electron chi connectivity index (χ4n) is 2.33. The summed E-state index contributed by atoms with van der Waals surface area (Å²) in [4.78, 5) is 8.93. The van der Waals surface area contributed by atoms with Gasteiger partial charge >= 0.3 is 0 Å². The summed E-state index contributed by atoms with van der Waals surface area (Å²) in [5.74, 6) is 1.25. The van der Waals surface area contributed by atoms with Crippen LogP contribution in [0.3, 0.4) is 0 Å². The predicted octanol–water partition coefficient (Wildman–Crippen LogP) is 3.22. The van der Waals surface area contributed by atoms with Crippen molar-refractivity contribution in [2.24, 2.45) is 7.05 Å². The summed E-state index contributed by atoms with van der Waals surface area (Å²) in [5, 5.41) is 15.8. The molecule has 0 aliphatic carbocycles. The molecule has 3 rings (SSSR count). The van der Waals surface area contributed by atoms with Crippen molar-refractivity contribution in [3.05, 3.63) is 48.4 Å². The molecule has 7 nitrogen and oxygen atoms in total. The lowest BCUT2D eigenvalue weighted by atomic mass is 10.1. The molecule has 0 aliphatic rings. The number of ether oxygens (including phenoxy) is 1.